The molecule has 150 valence electrons. The van der Waals surface area contributed by atoms with Crippen LogP contribution < -0.4 is 0 Å². The van der Waals surface area contributed by atoms with E-state index >= 15 is 0 Å². The minimum absolute atomic E-state index is 0.0779. The van der Waals surface area contributed by atoms with Crippen molar-refractivity contribution in [1.82, 2.24) is 0 Å². The lowest BCUT2D eigenvalue weighted by atomic mass is 9.54. The van der Waals surface area contributed by atoms with E-state index in [0.29, 0.717) is 12.5 Å². The standard InChI is InChI=1S/C26H34O2/c1-2-28-20(27)8-13-6-14-7-15(13)24-19-10-18(23(14)24)25-16-9-17(26(19)25)22-12-4-3-11(5-12)21(16)22/h3-4,11-19,21-26H,2,5-10H2,1H3. The SMILES string of the molecule is CCOC(=O)CC1CC2CC1C1C3CC(C21)C1C2CC(C4C5C=CC(C5)C24)C31. The Hall–Kier alpha value is -0.790. The average Bonchev–Trinajstić information content (AvgIpc) is 3.52. The van der Waals surface area contributed by atoms with Crippen LogP contribution in [0, 0.1) is 88.8 Å². The molecular formula is C26H34O2. The molecule has 15 atom stereocenters. The Bertz CT molecular complexity index is 770. The summed E-state index contributed by atoms with van der Waals surface area (Å²) in [7, 11) is 0. The van der Waals surface area contributed by atoms with Crippen molar-refractivity contribution in [3.63, 3.8) is 0 Å². The van der Waals surface area contributed by atoms with Gasteiger partial charge in [0.15, 0.2) is 0 Å². The molecule has 0 amide bonds. The molecule has 0 aromatic heterocycles. The van der Waals surface area contributed by atoms with Crippen LogP contribution in [-0.4, -0.2) is 12.6 Å². The van der Waals surface area contributed by atoms with Crippen molar-refractivity contribution in [1.29, 1.82) is 0 Å². The summed E-state index contributed by atoms with van der Waals surface area (Å²) in [5.74, 6) is 15.2. The van der Waals surface area contributed by atoms with Gasteiger partial charge in [0.25, 0.3) is 0 Å². The highest BCUT2D eigenvalue weighted by Gasteiger charge is 2.75. The number of hydrogen-bond acceptors (Lipinski definition) is 2. The third-order valence-electron chi connectivity index (χ3n) is 12.1. The number of carbonyl (C=O) groups excluding carboxylic acids is 1. The molecule has 28 heavy (non-hydrogen) atoms. The van der Waals surface area contributed by atoms with Gasteiger partial charge in [-0.1, -0.05) is 12.2 Å². The zero-order valence-electron chi connectivity index (χ0n) is 17.1. The molecule has 8 aliphatic rings. The van der Waals surface area contributed by atoms with Gasteiger partial charge >= 0.3 is 5.97 Å². The zero-order valence-corrected chi connectivity index (χ0v) is 17.1. The molecule has 0 N–H and O–H groups in total. The van der Waals surface area contributed by atoms with Crippen LogP contribution in [0.2, 0.25) is 0 Å². The van der Waals surface area contributed by atoms with E-state index in [-0.39, 0.29) is 5.97 Å². The fourth-order valence-electron chi connectivity index (χ4n) is 12.3. The van der Waals surface area contributed by atoms with Crippen LogP contribution >= 0.6 is 0 Å². The molecule has 15 unspecified atom stereocenters. The Kier molecular flexibility index (Phi) is 2.90. The van der Waals surface area contributed by atoms with E-state index in [0.717, 1.165) is 89.3 Å². The first-order chi connectivity index (χ1) is 13.7. The first-order valence-corrected chi connectivity index (χ1v) is 12.6. The molecule has 0 radical (unpaired) electrons. The molecule has 8 aliphatic carbocycles. The Morgan fingerprint density at radius 3 is 2.04 bits per heavy atom. The van der Waals surface area contributed by atoms with Crippen molar-refractivity contribution < 1.29 is 9.53 Å². The molecule has 0 aliphatic heterocycles. The first kappa shape index (κ1) is 16.0. The monoisotopic (exact) mass is 378 g/mol. The van der Waals surface area contributed by atoms with E-state index in [9.17, 15) is 4.79 Å². The van der Waals surface area contributed by atoms with Crippen LogP contribution in [0.15, 0.2) is 12.2 Å². The van der Waals surface area contributed by atoms with Crippen LogP contribution in [0.4, 0.5) is 0 Å². The van der Waals surface area contributed by atoms with Crippen molar-refractivity contribution >= 4 is 5.97 Å². The van der Waals surface area contributed by atoms with Crippen LogP contribution in [0.25, 0.3) is 0 Å². The molecular weight excluding hydrogens is 344 g/mol. The predicted molar refractivity (Wildman–Crippen MR) is 106 cm³/mol. The summed E-state index contributed by atoms with van der Waals surface area (Å²) >= 11 is 0. The Balaban J connectivity index is 1.10. The van der Waals surface area contributed by atoms with Crippen LogP contribution in [0.5, 0.6) is 0 Å². The molecule has 0 saturated heterocycles. The molecule has 0 aromatic carbocycles. The normalized spacial score (nSPS) is 65.2. The fourth-order valence-corrected chi connectivity index (χ4v) is 12.3. The van der Waals surface area contributed by atoms with Crippen molar-refractivity contribution in [3.8, 4) is 0 Å². The van der Waals surface area contributed by atoms with Crippen molar-refractivity contribution in [3.05, 3.63) is 12.2 Å². The second-order valence-electron chi connectivity index (χ2n) is 12.2. The largest absolute Gasteiger partial charge is 0.466 e. The van der Waals surface area contributed by atoms with Crippen LogP contribution in [-0.2, 0) is 9.53 Å². The molecule has 0 heterocycles. The zero-order chi connectivity index (χ0) is 18.3. The minimum atomic E-state index is 0.0779. The molecule has 7 saturated carbocycles. The number of carbonyl (C=O) groups is 1. The van der Waals surface area contributed by atoms with Crippen LogP contribution in [0.3, 0.4) is 0 Å². The van der Waals surface area contributed by atoms with Gasteiger partial charge < -0.3 is 4.74 Å². The lowest BCUT2D eigenvalue weighted by molar-refractivity contribution is -0.145. The van der Waals surface area contributed by atoms with Gasteiger partial charge in [0.2, 0.25) is 0 Å². The third kappa shape index (κ3) is 1.63. The lowest BCUT2D eigenvalue weighted by Crippen LogP contribution is -2.47. The number of allylic oxidation sites excluding steroid dienone is 2. The van der Waals surface area contributed by atoms with Gasteiger partial charge in [-0.2, -0.15) is 0 Å². The quantitative estimate of drug-likeness (QED) is 0.401. The van der Waals surface area contributed by atoms with Gasteiger partial charge in [-0.3, -0.25) is 4.79 Å². The van der Waals surface area contributed by atoms with Gasteiger partial charge in [-0.25, -0.2) is 0 Å². The average molecular weight is 379 g/mol. The summed E-state index contributed by atoms with van der Waals surface area (Å²) in [5.41, 5.74) is 0. The second kappa shape index (κ2) is 5.09. The molecule has 7 fully saturated rings. The van der Waals surface area contributed by atoms with Gasteiger partial charge in [-0.05, 0) is 128 Å². The van der Waals surface area contributed by atoms with Crippen molar-refractivity contribution in [2.75, 3.05) is 6.61 Å². The minimum Gasteiger partial charge on any atom is -0.466 e. The molecule has 2 heteroatoms. The number of rotatable bonds is 3. The summed E-state index contributed by atoms with van der Waals surface area (Å²) in [6.07, 6.45) is 13.5. The lowest BCUT2D eigenvalue weighted by Gasteiger charge is -2.50. The van der Waals surface area contributed by atoms with E-state index in [2.05, 4.69) is 12.2 Å². The fraction of sp³-hybridized carbons (Fsp3) is 0.885. The first-order valence-electron chi connectivity index (χ1n) is 12.6. The molecule has 2 nitrogen and oxygen atoms in total. The predicted octanol–water partition coefficient (Wildman–Crippen LogP) is 4.80. The van der Waals surface area contributed by atoms with Gasteiger partial charge in [0, 0.05) is 6.42 Å². The summed E-state index contributed by atoms with van der Waals surface area (Å²) in [4.78, 5) is 12.2. The maximum Gasteiger partial charge on any atom is 0.306 e. The molecule has 0 aromatic rings. The summed E-state index contributed by atoms with van der Waals surface area (Å²) in [6, 6.07) is 0. The highest BCUT2D eigenvalue weighted by atomic mass is 16.5. The maximum atomic E-state index is 12.2. The smallest absolute Gasteiger partial charge is 0.306 e. The topological polar surface area (TPSA) is 26.3 Å². The van der Waals surface area contributed by atoms with Crippen molar-refractivity contribution in [2.24, 2.45) is 88.8 Å². The van der Waals surface area contributed by atoms with E-state index in [1.807, 2.05) is 6.92 Å². The van der Waals surface area contributed by atoms with E-state index in [1.165, 1.54) is 19.3 Å². The van der Waals surface area contributed by atoms with Gasteiger partial charge in [0.05, 0.1) is 6.61 Å². The summed E-state index contributed by atoms with van der Waals surface area (Å²) in [5, 5.41) is 0. The number of esters is 1. The molecule has 8 rings (SSSR count). The summed E-state index contributed by atoms with van der Waals surface area (Å²) < 4.78 is 5.32. The maximum absolute atomic E-state index is 12.2. The Morgan fingerprint density at radius 2 is 1.36 bits per heavy atom. The number of ether oxygens (including phenoxy) is 1. The van der Waals surface area contributed by atoms with E-state index in [1.54, 1.807) is 12.8 Å². The Morgan fingerprint density at radius 1 is 0.750 bits per heavy atom. The number of hydrogen-bond donors (Lipinski definition) is 0. The second-order valence-corrected chi connectivity index (χ2v) is 12.2. The highest BCUT2D eigenvalue weighted by molar-refractivity contribution is 5.69. The van der Waals surface area contributed by atoms with Crippen molar-refractivity contribution in [2.45, 2.75) is 45.4 Å². The highest BCUT2D eigenvalue weighted by Crippen LogP contribution is 2.81. The molecule has 8 bridgehead atoms. The molecule has 0 spiro atoms. The van der Waals surface area contributed by atoms with E-state index < -0.39 is 0 Å². The Labute approximate surface area is 168 Å². The van der Waals surface area contributed by atoms with Gasteiger partial charge in [-0.15, -0.1) is 0 Å². The van der Waals surface area contributed by atoms with E-state index in [4.69, 9.17) is 4.74 Å². The number of fused-ring (bicyclic) bond motifs is 23. The third-order valence-corrected chi connectivity index (χ3v) is 12.1. The summed E-state index contributed by atoms with van der Waals surface area (Å²) in [6.45, 7) is 2.49. The van der Waals surface area contributed by atoms with Gasteiger partial charge in [0.1, 0.15) is 0 Å². The van der Waals surface area contributed by atoms with Crippen LogP contribution in [0.1, 0.15) is 45.4 Å².